The van der Waals surface area contributed by atoms with E-state index in [1.807, 2.05) is 36.9 Å². The van der Waals surface area contributed by atoms with E-state index in [9.17, 15) is 4.79 Å². The number of ether oxygens (including phenoxy) is 2. The molecule has 0 spiro atoms. The number of aromatic nitrogens is 6. The maximum absolute atomic E-state index is 12.4. The Bertz CT molecular complexity index is 1370. The number of nitrogens with one attached hydrogen (secondary N) is 1. The van der Waals surface area contributed by atoms with Gasteiger partial charge in [0.05, 0.1) is 23.9 Å². The van der Waals surface area contributed by atoms with Crippen molar-refractivity contribution in [2.24, 2.45) is 14.1 Å². The second kappa shape index (κ2) is 9.14. The van der Waals surface area contributed by atoms with Gasteiger partial charge in [-0.3, -0.25) is 0 Å². The Labute approximate surface area is 195 Å². The number of thioether (sulfide) groups is 1. The van der Waals surface area contributed by atoms with Gasteiger partial charge in [0.15, 0.2) is 7.05 Å². The van der Waals surface area contributed by atoms with Crippen LogP contribution in [0.3, 0.4) is 0 Å². The normalized spacial score (nSPS) is 11.1. The molecule has 0 aliphatic rings. The molecule has 0 unspecified atom stereocenters. The number of tetrazole rings is 1. The average molecular weight is 468 g/mol. The number of benzene rings is 2. The Morgan fingerprint density at radius 1 is 1.15 bits per heavy atom. The smallest absolute Gasteiger partial charge is 0.368 e. The maximum atomic E-state index is 12.4. The van der Waals surface area contributed by atoms with E-state index in [4.69, 9.17) is 9.47 Å². The molecule has 2 aromatic carbocycles. The van der Waals surface area contributed by atoms with Crippen molar-refractivity contribution in [3.05, 3.63) is 63.6 Å². The average Bonchev–Trinajstić information content (AvgIpc) is 3.29. The van der Waals surface area contributed by atoms with E-state index in [2.05, 4.69) is 34.8 Å². The second-order valence-electron chi connectivity index (χ2n) is 7.70. The lowest BCUT2D eigenvalue weighted by Crippen LogP contribution is -2.31. The van der Waals surface area contributed by atoms with Crippen LogP contribution in [-0.2, 0) is 20.7 Å². The largest absolute Gasteiger partial charge is 0.496 e. The molecule has 4 rings (SSSR count). The number of methoxy groups -OCH3 is 1. The molecule has 0 amide bonds. The minimum absolute atomic E-state index is 0.204. The molecule has 1 N–H and O–H groups in total. The van der Waals surface area contributed by atoms with Crippen LogP contribution in [0.15, 0.2) is 46.2 Å². The summed E-state index contributed by atoms with van der Waals surface area (Å²) in [6.45, 7) is 4.34. The van der Waals surface area contributed by atoms with E-state index >= 15 is 0 Å². The summed E-state index contributed by atoms with van der Waals surface area (Å²) >= 11 is 1.72. The number of H-pyrrole nitrogens is 1. The summed E-state index contributed by atoms with van der Waals surface area (Å²) in [5.41, 5.74) is 5.34. The van der Waals surface area contributed by atoms with Crippen LogP contribution in [0.2, 0.25) is 0 Å². The first-order valence-corrected chi connectivity index (χ1v) is 11.6. The van der Waals surface area contributed by atoms with Gasteiger partial charge in [-0.15, -0.1) is 4.68 Å². The van der Waals surface area contributed by atoms with Crippen molar-refractivity contribution in [3.8, 4) is 28.4 Å². The van der Waals surface area contributed by atoms with Crippen molar-refractivity contribution in [1.82, 2.24) is 24.9 Å². The number of hydrogen-bond acceptors (Lipinski definition) is 6. The molecule has 0 radical (unpaired) electrons. The van der Waals surface area contributed by atoms with Gasteiger partial charge in [0.25, 0.3) is 5.03 Å². The molecule has 33 heavy (non-hydrogen) atoms. The third-order valence-electron chi connectivity index (χ3n) is 5.59. The summed E-state index contributed by atoms with van der Waals surface area (Å²) < 4.78 is 16.2. The van der Waals surface area contributed by atoms with Gasteiger partial charge in [-0.05, 0) is 66.4 Å². The Morgan fingerprint density at radius 3 is 2.55 bits per heavy atom. The molecule has 0 saturated heterocycles. The molecule has 0 atom stereocenters. The molecule has 2 aromatic heterocycles. The Kier molecular flexibility index (Phi) is 6.28. The molecule has 0 bridgehead atoms. The van der Waals surface area contributed by atoms with Gasteiger partial charge >= 0.3 is 5.69 Å². The summed E-state index contributed by atoms with van der Waals surface area (Å²) in [6, 6.07) is 11.5. The van der Waals surface area contributed by atoms with E-state index in [0.29, 0.717) is 17.0 Å². The SMILES string of the molecule is COc1cccc(-n2nnn(C)c2=O)c1COc1ccc(-c2[nH][n+](C)c(SC)c2C)cc1C. The first-order valence-electron chi connectivity index (χ1n) is 10.4. The van der Waals surface area contributed by atoms with Crippen LogP contribution in [0.1, 0.15) is 16.7 Å². The molecule has 2 heterocycles. The molecule has 0 fully saturated rings. The van der Waals surface area contributed by atoms with E-state index < -0.39 is 0 Å². The van der Waals surface area contributed by atoms with Crippen molar-refractivity contribution in [2.45, 2.75) is 25.5 Å². The van der Waals surface area contributed by atoms with Gasteiger partial charge in [0, 0.05) is 12.6 Å². The minimum atomic E-state index is -0.343. The van der Waals surface area contributed by atoms with Crippen molar-refractivity contribution in [2.75, 3.05) is 13.4 Å². The van der Waals surface area contributed by atoms with Gasteiger partial charge in [0.1, 0.15) is 23.8 Å². The predicted octanol–water partition coefficient (Wildman–Crippen LogP) is 2.71. The van der Waals surface area contributed by atoms with Crippen LogP contribution < -0.4 is 19.8 Å². The molecular formula is C23H27N6O3S+. The Hall–Kier alpha value is -3.53. The van der Waals surface area contributed by atoms with Crippen LogP contribution in [0.5, 0.6) is 11.5 Å². The number of hydrogen-bond donors (Lipinski definition) is 1. The first kappa shape index (κ1) is 22.7. The zero-order valence-electron chi connectivity index (χ0n) is 19.5. The fourth-order valence-electron chi connectivity index (χ4n) is 3.90. The van der Waals surface area contributed by atoms with Gasteiger partial charge in [0.2, 0.25) is 0 Å². The molecule has 10 heteroatoms. The van der Waals surface area contributed by atoms with Gasteiger partial charge in [-0.2, -0.15) is 14.5 Å². The summed E-state index contributed by atoms with van der Waals surface area (Å²) in [6.07, 6.45) is 2.07. The fourth-order valence-corrected chi connectivity index (χ4v) is 4.63. The lowest BCUT2D eigenvalue weighted by Gasteiger charge is -2.15. The third kappa shape index (κ3) is 4.13. The highest BCUT2D eigenvalue weighted by molar-refractivity contribution is 7.98. The number of aryl methyl sites for hydroxylation is 3. The topological polar surface area (TPSA) is 90.8 Å². The minimum Gasteiger partial charge on any atom is -0.496 e. The predicted molar refractivity (Wildman–Crippen MR) is 126 cm³/mol. The molecule has 172 valence electrons. The molecule has 4 aromatic rings. The number of aromatic amines is 1. The highest BCUT2D eigenvalue weighted by Gasteiger charge is 2.20. The van der Waals surface area contributed by atoms with Crippen molar-refractivity contribution >= 4 is 11.8 Å². The first-order chi connectivity index (χ1) is 15.8. The molecule has 0 aliphatic carbocycles. The standard InChI is InChI=1S/C23H26N6O3S/c1-14-12-16(21-15(2)22(33-6)27(3)24-21)10-11-19(14)32-13-17-18(8-7-9-20(17)31-5)29-23(30)28(4)25-26-29/h7-12H,13H2,1-6H3/p+1. The molecule has 9 nitrogen and oxygen atoms in total. The Morgan fingerprint density at radius 2 is 1.94 bits per heavy atom. The van der Waals surface area contributed by atoms with E-state index in [-0.39, 0.29) is 12.3 Å². The highest BCUT2D eigenvalue weighted by atomic mass is 32.2. The van der Waals surface area contributed by atoms with Crippen molar-refractivity contribution in [1.29, 1.82) is 0 Å². The zero-order chi connectivity index (χ0) is 23.7. The van der Waals surface area contributed by atoms with Gasteiger partial charge in [-0.25, -0.2) is 4.79 Å². The van der Waals surface area contributed by atoms with Crippen LogP contribution in [0, 0.1) is 13.8 Å². The monoisotopic (exact) mass is 467 g/mol. The summed E-state index contributed by atoms with van der Waals surface area (Å²) in [4.78, 5) is 12.4. The van der Waals surface area contributed by atoms with E-state index in [1.54, 1.807) is 38.1 Å². The lowest BCUT2D eigenvalue weighted by atomic mass is 10.1. The molecule has 0 aliphatic heterocycles. The quantitative estimate of drug-likeness (QED) is 0.332. The van der Waals surface area contributed by atoms with Gasteiger partial charge in [-0.1, -0.05) is 17.8 Å². The second-order valence-corrected chi connectivity index (χ2v) is 8.50. The van der Waals surface area contributed by atoms with Gasteiger partial charge < -0.3 is 9.47 Å². The van der Waals surface area contributed by atoms with Crippen LogP contribution in [-0.4, -0.2) is 38.3 Å². The van der Waals surface area contributed by atoms with Crippen molar-refractivity contribution in [3.63, 3.8) is 0 Å². The van der Waals surface area contributed by atoms with Crippen LogP contribution >= 0.6 is 11.8 Å². The van der Waals surface area contributed by atoms with Crippen LogP contribution in [0.25, 0.3) is 16.9 Å². The third-order valence-corrected chi connectivity index (χ3v) is 6.55. The molecular weight excluding hydrogens is 440 g/mol. The van der Waals surface area contributed by atoms with Crippen molar-refractivity contribution < 1.29 is 14.2 Å². The summed E-state index contributed by atoms with van der Waals surface area (Å²) in [7, 11) is 5.16. The highest BCUT2D eigenvalue weighted by Crippen LogP contribution is 2.31. The van der Waals surface area contributed by atoms with Crippen LogP contribution in [0.4, 0.5) is 0 Å². The zero-order valence-corrected chi connectivity index (χ0v) is 20.4. The van der Waals surface area contributed by atoms with E-state index in [0.717, 1.165) is 22.6 Å². The maximum Gasteiger partial charge on any atom is 0.368 e. The fraction of sp³-hybridized carbons (Fsp3) is 0.304. The number of rotatable bonds is 7. The lowest BCUT2D eigenvalue weighted by molar-refractivity contribution is -0.760. The van der Waals surface area contributed by atoms with E-state index in [1.165, 1.54) is 20.0 Å². The molecule has 0 saturated carbocycles. The Balaban J connectivity index is 1.64. The summed E-state index contributed by atoms with van der Waals surface area (Å²) in [5, 5.41) is 12.4. The summed E-state index contributed by atoms with van der Waals surface area (Å²) in [5.74, 6) is 1.36. The number of nitrogens with zero attached hydrogens (tertiary/aromatic N) is 5.